The maximum atomic E-state index is 9.62. The summed E-state index contributed by atoms with van der Waals surface area (Å²) in [6.07, 6.45) is -2.90. The minimum Gasteiger partial charge on any atom is -0.450 e. The normalized spacial score (nSPS) is 8.82. The highest BCUT2D eigenvalue weighted by molar-refractivity contribution is 5.57. The van der Waals surface area contributed by atoms with E-state index in [1.165, 1.54) is 0 Å². The van der Waals surface area contributed by atoms with Crippen molar-refractivity contribution in [2.24, 2.45) is 0 Å². The van der Waals surface area contributed by atoms with Crippen molar-refractivity contribution >= 4 is 12.3 Å². The molecule has 0 radical (unpaired) electrons. The van der Waals surface area contributed by atoms with Crippen LogP contribution in [0.3, 0.4) is 0 Å². The third kappa shape index (κ3) is 25.1. The molecule has 0 saturated carbocycles. The molecule has 17 heavy (non-hydrogen) atoms. The molecule has 0 aromatic rings. The average Bonchev–Trinajstić information content (AvgIpc) is 2.26. The Kier molecular flexibility index (Phi) is 15.1. The largest absolute Gasteiger partial charge is 0.505 e. The molecule has 0 aliphatic carbocycles. The summed E-state index contributed by atoms with van der Waals surface area (Å²) in [6, 6.07) is 0. The molecule has 102 valence electrons. The number of aliphatic hydroxyl groups excluding tert-OH is 2. The Hall–Kier alpha value is -1.58. The lowest BCUT2D eigenvalue weighted by Crippen LogP contribution is -2.10. The molecule has 9 nitrogen and oxygen atoms in total. The second-order valence-electron chi connectivity index (χ2n) is 2.29. The first-order chi connectivity index (χ1) is 8.04. The van der Waals surface area contributed by atoms with E-state index in [-0.39, 0.29) is 26.4 Å². The molecule has 0 aliphatic heterocycles. The predicted octanol–water partition coefficient (Wildman–Crippen LogP) is -0.637. The monoisotopic (exact) mass is 256 g/mol. The average molecular weight is 256 g/mol. The molecule has 0 aromatic heterocycles. The zero-order valence-corrected chi connectivity index (χ0v) is 9.07. The highest BCUT2D eigenvalue weighted by atomic mass is 16.7. The Balaban J connectivity index is 0. The van der Waals surface area contributed by atoms with Crippen LogP contribution in [0, 0.1) is 0 Å². The fourth-order valence-electron chi connectivity index (χ4n) is 0.489. The number of hydrogen-bond donors (Lipinski definition) is 4. The van der Waals surface area contributed by atoms with E-state index in [1.807, 2.05) is 0 Å². The quantitative estimate of drug-likeness (QED) is 0.345. The van der Waals surface area contributed by atoms with E-state index in [2.05, 4.69) is 14.2 Å². The maximum Gasteiger partial charge on any atom is 0.505 e. The number of rotatable bonds is 7. The van der Waals surface area contributed by atoms with E-state index in [1.54, 1.807) is 0 Å². The van der Waals surface area contributed by atoms with Gasteiger partial charge in [0.25, 0.3) is 0 Å². The van der Waals surface area contributed by atoms with Crippen LogP contribution < -0.4 is 0 Å². The number of hydrogen-bond acceptors (Lipinski definition) is 7. The summed E-state index contributed by atoms with van der Waals surface area (Å²) in [5.74, 6) is 0. The van der Waals surface area contributed by atoms with Crippen molar-refractivity contribution in [1.29, 1.82) is 0 Å². The highest BCUT2D eigenvalue weighted by Gasteiger charge is 1.98. The second kappa shape index (κ2) is 14.4. The molecule has 0 unspecified atom stereocenters. The van der Waals surface area contributed by atoms with Crippen LogP contribution in [-0.2, 0) is 14.2 Å². The molecule has 0 aliphatic rings. The van der Waals surface area contributed by atoms with Crippen molar-refractivity contribution in [2.45, 2.75) is 0 Å². The van der Waals surface area contributed by atoms with Gasteiger partial charge < -0.3 is 34.6 Å². The lowest BCUT2D eigenvalue weighted by atomic mass is 10.7. The Morgan fingerprint density at radius 1 is 0.765 bits per heavy atom. The Bertz CT molecular complexity index is 173. The smallest absolute Gasteiger partial charge is 0.450 e. The number of carboxylic acid groups (broad SMARTS) is 2. The molecule has 0 fully saturated rings. The standard InChI is InChI=1S/C4H6O6.C4H10O3/c5-3(6)9-1-2-10-4(7)8;5-1-3-7-4-2-6/h1-2H2,(H,5,6)(H,7,8);5-6H,1-4H2. The van der Waals surface area contributed by atoms with E-state index in [9.17, 15) is 9.59 Å². The first kappa shape index (κ1) is 17.8. The third-order valence-corrected chi connectivity index (χ3v) is 1.01. The summed E-state index contributed by atoms with van der Waals surface area (Å²) in [5.41, 5.74) is 0. The van der Waals surface area contributed by atoms with Gasteiger partial charge in [-0.1, -0.05) is 0 Å². The van der Waals surface area contributed by atoms with E-state index < -0.39 is 12.3 Å². The van der Waals surface area contributed by atoms with Gasteiger partial charge in [0.1, 0.15) is 13.2 Å². The van der Waals surface area contributed by atoms with Crippen LogP contribution in [0.1, 0.15) is 0 Å². The number of aliphatic hydroxyl groups is 2. The molecular weight excluding hydrogens is 240 g/mol. The molecule has 0 rings (SSSR count). The van der Waals surface area contributed by atoms with Gasteiger partial charge in [-0.15, -0.1) is 0 Å². The van der Waals surface area contributed by atoms with E-state index >= 15 is 0 Å². The molecule has 0 atom stereocenters. The van der Waals surface area contributed by atoms with Gasteiger partial charge in [-0.25, -0.2) is 9.59 Å². The molecule has 0 saturated heterocycles. The Morgan fingerprint density at radius 3 is 1.35 bits per heavy atom. The van der Waals surface area contributed by atoms with E-state index in [0.29, 0.717) is 13.2 Å². The second-order valence-corrected chi connectivity index (χ2v) is 2.29. The Morgan fingerprint density at radius 2 is 1.12 bits per heavy atom. The van der Waals surface area contributed by atoms with Crippen molar-refractivity contribution in [3.05, 3.63) is 0 Å². The lowest BCUT2D eigenvalue weighted by Gasteiger charge is -1.98. The fraction of sp³-hybridized carbons (Fsp3) is 0.750. The van der Waals surface area contributed by atoms with Gasteiger partial charge in [-0.05, 0) is 0 Å². The summed E-state index contributed by atoms with van der Waals surface area (Å²) < 4.78 is 12.5. The van der Waals surface area contributed by atoms with Gasteiger partial charge in [0.2, 0.25) is 0 Å². The minimum atomic E-state index is -1.45. The molecule has 0 amide bonds. The van der Waals surface area contributed by atoms with Crippen molar-refractivity contribution in [3.8, 4) is 0 Å². The minimum absolute atomic E-state index is 0.0278. The molecule has 0 bridgehead atoms. The topological polar surface area (TPSA) is 143 Å². The van der Waals surface area contributed by atoms with Gasteiger partial charge in [0.05, 0.1) is 26.4 Å². The summed E-state index contributed by atoms with van der Waals surface area (Å²) in [4.78, 5) is 19.2. The lowest BCUT2D eigenvalue weighted by molar-refractivity contribution is 0.0472. The Labute approximate surface area is 97.1 Å². The van der Waals surface area contributed by atoms with Crippen molar-refractivity contribution in [1.82, 2.24) is 0 Å². The molecule has 4 N–H and O–H groups in total. The van der Waals surface area contributed by atoms with Gasteiger partial charge in [0, 0.05) is 0 Å². The highest BCUT2D eigenvalue weighted by Crippen LogP contribution is 1.79. The predicted molar refractivity (Wildman–Crippen MR) is 52.9 cm³/mol. The SMILES string of the molecule is O=C(O)OCCOC(=O)O.OCCOCCO. The van der Waals surface area contributed by atoms with Gasteiger partial charge in [-0.3, -0.25) is 0 Å². The van der Waals surface area contributed by atoms with Gasteiger partial charge in [0.15, 0.2) is 0 Å². The number of ether oxygens (including phenoxy) is 3. The molecular formula is C8H16O9. The van der Waals surface area contributed by atoms with Crippen LogP contribution in [0.2, 0.25) is 0 Å². The zero-order chi connectivity index (χ0) is 13.5. The molecule has 9 heteroatoms. The first-order valence-electron chi connectivity index (χ1n) is 4.55. The van der Waals surface area contributed by atoms with Gasteiger partial charge in [-0.2, -0.15) is 0 Å². The van der Waals surface area contributed by atoms with E-state index in [0.717, 1.165) is 0 Å². The summed E-state index contributed by atoms with van der Waals surface area (Å²) >= 11 is 0. The molecule has 0 spiro atoms. The van der Waals surface area contributed by atoms with Crippen LogP contribution in [0.25, 0.3) is 0 Å². The van der Waals surface area contributed by atoms with Crippen LogP contribution in [0.15, 0.2) is 0 Å². The summed E-state index contributed by atoms with van der Waals surface area (Å²) in [6.45, 7) is 0.143. The van der Waals surface area contributed by atoms with Crippen LogP contribution >= 0.6 is 0 Å². The first-order valence-corrected chi connectivity index (χ1v) is 4.55. The fourth-order valence-corrected chi connectivity index (χ4v) is 0.489. The van der Waals surface area contributed by atoms with Crippen molar-refractivity contribution in [2.75, 3.05) is 39.6 Å². The van der Waals surface area contributed by atoms with E-state index in [4.69, 9.17) is 20.4 Å². The number of carbonyl (C=O) groups is 2. The maximum absolute atomic E-state index is 9.62. The zero-order valence-electron chi connectivity index (χ0n) is 9.07. The molecule has 0 heterocycles. The van der Waals surface area contributed by atoms with Gasteiger partial charge >= 0.3 is 12.3 Å². The van der Waals surface area contributed by atoms with Crippen LogP contribution in [0.5, 0.6) is 0 Å². The summed E-state index contributed by atoms with van der Waals surface area (Å²) in [7, 11) is 0. The van der Waals surface area contributed by atoms with Crippen LogP contribution in [0.4, 0.5) is 9.59 Å². The summed E-state index contributed by atoms with van der Waals surface area (Å²) in [5, 5.41) is 31.9. The van der Waals surface area contributed by atoms with Crippen molar-refractivity contribution in [3.63, 3.8) is 0 Å². The molecule has 0 aromatic carbocycles. The van der Waals surface area contributed by atoms with Crippen LogP contribution in [-0.4, -0.2) is 72.4 Å². The van der Waals surface area contributed by atoms with Crippen molar-refractivity contribution < 1.29 is 44.2 Å². The third-order valence-electron chi connectivity index (χ3n) is 1.01.